The quantitative estimate of drug-likeness (QED) is 0.588. The van der Waals surface area contributed by atoms with Gasteiger partial charge in [-0.2, -0.15) is 0 Å². The number of benzene rings is 2. The predicted molar refractivity (Wildman–Crippen MR) is 111 cm³/mol. The highest BCUT2D eigenvalue weighted by atomic mass is 28.2. The summed E-state index contributed by atoms with van der Waals surface area (Å²) in [6.07, 6.45) is 9.39. The molecule has 0 saturated carbocycles. The smallest absolute Gasteiger partial charge is 0.0778 e. The summed E-state index contributed by atoms with van der Waals surface area (Å²) in [5, 5.41) is 3.10. The highest BCUT2D eigenvalue weighted by molar-refractivity contribution is 6.62. The first-order valence-corrected chi connectivity index (χ1v) is 10.5. The Balaban J connectivity index is 1.74. The van der Waals surface area contributed by atoms with Crippen molar-refractivity contribution < 1.29 is 0 Å². The van der Waals surface area contributed by atoms with Gasteiger partial charge in [0.15, 0.2) is 0 Å². The Hall–Kier alpha value is -1.86. The summed E-state index contributed by atoms with van der Waals surface area (Å²) in [6, 6.07) is 18.2. The maximum atomic E-state index is 2.33. The van der Waals surface area contributed by atoms with E-state index in [0.717, 1.165) is 15.9 Å². The molecule has 1 aliphatic rings. The maximum absolute atomic E-state index is 2.33. The van der Waals surface area contributed by atoms with Crippen molar-refractivity contribution in [1.29, 1.82) is 0 Å². The molecule has 25 heavy (non-hydrogen) atoms. The van der Waals surface area contributed by atoms with Crippen molar-refractivity contribution in [3.8, 4) is 0 Å². The summed E-state index contributed by atoms with van der Waals surface area (Å²) in [6.45, 7) is 6.82. The van der Waals surface area contributed by atoms with E-state index in [1.807, 2.05) is 0 Å². The van der Waals surface area contributed by atoms with E-state index in [-0.39, 0.29) is 0 Å². The molecule has 3 rings (SSSR count). The van der Waals surface area contributed by atoms with Gasteiger partial charge in [0.1, 0.15) is 9.52 Å². The van der Waals surface area contributed by atoms with E-state index in [9.17, 15) is 0 Å². The molecule has 0 nitrogen and oxygen atoms in total. The lowest BCUT2D eigenvalue weighted by molar-refractivity contribution is 0.795. The molecule has 0 heterocycles. The van der Waals surface area contributed by atoms with Gasteiger partial charge >= 0.3 is 0 Å². The van der Waals surface area contributed by atoms with E-state index in [2.05, 4.69) is 81.5 Å². The van der Waals surface area contributed by atoms with Crippen LogP contribution in [0.3, 0.4) is 0 Å². The van der Waals surface area contributed by atoms with Gasteiger partial charge in [-0.05, 0) is 48.8 Å². The van der Waals surface area contributed by atoms with Crippen LogP contribution < -0.4 is 5.19 Å². The maximum Gasteiger partial charge on any atom is 0.117 e. The molecule has 0 spiro atoms. The fourth-order valence-electron chi connectivity index (χ4n) is 3.41. The molecular formula is C24H28Si. The largest absolute Gasteiger partial charge is 0.117 e. The minimum Gasteiger partial charge on any atom is -0.0778 e. The van der Waals surface area contributed by atoms with Crippen LogP contribution >= 0.6 is 0 Å². The molecule has 1 aliphatic carbocycles. The zero-order chi connectivity index (χ0) is 17.6. The normalized spacial score (nSPS) is 16.7. The van der Waals surface area contributed by atoms with E-state index >= 15 is 0 Å². The second kappa shape index (κ2) is 8.49. The molecule has 0 fully saturated rings. The summed E-state index contributed by atoms with van der Waals surface area (Å²) in [5.74, 6) is 0.587. The van der Waals surface area contributed by atoms with Gasteiger partial charge in [-0.25, -0.2) is 0 Å². The van der Waals surface area contributed by atoms with Crippen LogP contribution in [0.15, 0.2) is 71.5 Å². The van der Waals surface area contributed by atoms with Crippen molar-refractivity contribution in [3.05, 3.63) is 88.1 Å². The average molecular weight is 345 g/mol. The van der Waals surface area contributed by atoms with Crippen molar-refractivity contribution >= 4 is 14.7 Å². The Morgan fingerprint density at radius 1 is 0.960 bits per heavy atom. The first kappa shape index (κ1) is 17.9. The van der Waals surface area contributed by atoms with E-state index in [1.54, 1.807) is 5.20 Å². The highest BCUT2D eigenvalue weighted by Gasteiger charge is 2.16. The molecule has 2 aromatic carbocycles. The SMILES string of the molecule is CCCCc1ccc(Cc2ccccc2[Si]C2=C(C)C=CC2C)cc1. The van der Waals surface area contributed by atoms with Gasteiger partial charge in [-0.15, -0.1) is 0 Å². The van der Waals surface area contributed by atoms with Crippen molar-refractivity contribution in [2.24, 2.45) is 5.92 Å². The van der Waals surface area contributed by atoms with Crippen molar-refractivity contribution in [2.45, 2.75) is 46.5 Å². The van der Waals surface area contributed by atoms with Crippen LogP contribution in [0.25, 0.3) is 0 Å². The van der Waals surface area contributed by atoms with Crippen LogP contribution in [-0.2, 0) is 12.8 Å². The summed E-state index contributed by atoms with van der Waals surface area (Å²) in [5.41, 5.74) is 5.82. The Labute approximate surface area is 155 Å². The number of unbranched alkanes of at least 4 members (excludes halogenated alkanes) is 1. The minimum atomic E-state index is 0.587. The van der Waals surface area contributed by atoms with Crippen molar-refractivity contribution in [3.63, 3.8) is 0 Å². The number of hydrogen-bond acceptors (Lipinski definition) is 0. The number of aryl methyl sites for hydroxylation is 1. The van der Waals surface area contributed by atoms with Gasteiger partial charge in [0.2, 0.25) is 0 Å². The van der Waals surface area contributed by atoms with E-state index in [0.29, 0.717) is 5.92 Å². The Morgan fingerprint density at radius 3 is 2.36 bits per heavy atom. The van der Waals surface area contributed by atoms with Crippen LogP contribution in [0.5, 0.6) is 0 Å². The lowest BCUT2D eigenvalue weighted by atomic mass is 10.0. The molecule has 0 saturated heterocycles. The predicted octanol–water partition coefficient (Wildman–Crippen LogP) is 5.43. The van der Waals surface area contributed by atoms with Crippen molar-refractivity contribution in [2.75, 3.05) is 0 Å². The standard InChI is InChI=1S/C24H28Si/c1-4-5-8-20-13-15-21(16-14-20)17-22-9-6-7-10-23(22)25-24-18(2)11-12-19(24)3/h6-7,9-16,18H,4-5,8,17H2,1-3H3. The zero-order valence-corrected chi connectivity index (χ0v) is 16.7. The fourth-order valence-corrected chi connectivity index (χ4v) is 4.82. The molecule has 128 valence electrons. The van der Waals surface area contributed by atoms with Gasteiger partial charge in [0, 0.05) is 0 Å². The van der Waals surface area contributed by atoms with E-state index in [4.69, 9.17) is 0 Å². The number of hydrogen-bond donors (Lipinski definition) is 0. The molecule has 0 bridgehead atoms. The van der Waals surface area contributed by atoms with E-state index in [1.165, 1.54) is 46.7 Å². The van der Waals surface area contributed by atoms with Gasteiger partial charge in [0.25, 0.3) is 0 Å². The fraction of sp³-hybridized carbons (Fsp3) is 0.333. The third-order valence-electron chi connectivity index (χ3n) is 5.04. The molecule has 2 aromatic rings. The monoisotopic (exact) mass is 344 g/mol. The van der Waals surface area contributed by atoms with Crippen LogP contribution in [-0.4, -0.2) is 9.52 Å². The lowest BCUT2D eigenvalue weighted by Crippen LogP contribution is -2.23. The molecule has 1 heteroatoms. The third-order valence-corrected chi connectivity index (χ3v) is 6.91. The lowest BCUT2D eigenvalue weighted by Gasteiger charge is -2.14. The molecule has 1 atom stereocenters. The average Bonchev–Trinajstić information content (AvgIpc) is 2.95. The van der Waals surface area contributed by atoms with Crippen LogP contribution in [0, 0.1) is 5.92 Å². The molecule has 0 aliphatic heterocycles. The van der Waals surface area contributed by atoms with Gasteiger partial charge in [-0.3, -0.25) is 0 Å². The Bertz CT molecular complexity index is 765. The summed E-state index contributed by atoms with van der Waals surface area (Å²) < 4.78 is 0. The topological polar surface area (TPSA) is 0 Å². The Kier molecular flexibility index (Phi) is 6.09. The highest BCUT2D eigenvalue weighted by Crippen LogP contribution is 2.23. The molecular weight excluding hydrogens is 316 g/mol. The Morgan fingerprint density at radius 2 is 1.68 bits per heavy atom. The van der Waals surface area contributed by atoms with Gasteiger partial charge in [-0.1, -0.05) is 96.9 Å². The summed E-state index contributed by atoms with van der Waals surface area (Å²) in [4.78, 5) is 0. The first-order valence-electron chi connectivity index (χ1n) is 9.49. The number of rotatable bonds is 7. The molecule has 2 radical (unpaired) electrons. The molecule has 0 N–H and O–H groups in total. The second-order valence-corrected chi connectivity index (χ2v) is 8.45. The first-order chi connectivity index (χ1) is 12.2. The third kappa shape index (κ3) is 4.61. The van der Waals surface area contributed by atoms with Gasteiger partial charge < -0.3 is 0 Å². The molecule has 0 amide bonds. The minimum absolute atomic E-state index is 0.587. The van der Waals surface area contributed by atoms with Crippen molar-refractivity contribution in [1.82, 2.24) is 0 Å². The van der Waals surface area contributed by atoms with Crippen LogP contribution in [0.1, 0.15) is 50.3 Å². The number of allylic oxidation sites excluding steroid dienone is 4. The van der Waals surface area contributed by atoms with E-state index < -0.39 is 0 Å². The zero-order valence-electron chi connectivity index (χ0n) is 15.7. The summed E-state index contributed by atoms with van der Waals surface area (Å²) in [7, 11) is 0.784. The molecule has 0 aromatic heterocycles. The summed E-state index contributed by atoms with van der Waals surface area (Å²) >= 11 is 0. The van der Waals surface area contributed by atoms with Gasteiger partial charge in [0.05, 0.1) is 0 Å². The molecule has 1 unspecified atom stereocenters. The van der Waals surface area contributed by atoms with Crippen LogP contribution in [0.4, 0.5) is 0 Å². The second-order valence-electron chi connectivity index (χ2n) is 7.12. The van der Waals surface area contributed by atoms with Crippen LogP contribution in [0.2, 0.25) is 0 Å².